The van der Waals surface area contributed by atoms with Crippen molar-refractivity contribution < 1.29 is 23.4 Å². The lowest BCUT2D eigenvalue weighted by molar-refractivity contribution is -0.287. The predicted octanol–water partition coefficient (Wildman–Crippen LogP) is 2.56. The number of aliphatic hydroxyl groups is 1. The second kappa shape index (κ2) is 5.30. The number of para-hydroxylation sites is 1. The van der Waals surface area contributed by atoms with E-state index < -0.39 is 18.4 Å². The largest absolute Gasteiger partial charge is 0.586 e. The molecule has 1 aromatic carbocycles. The molecule has 1 aliphatic rings. The van der Waals surface area contributed by atoms with Gasteiger partial charge in [0.25, 0.3) is 0 Å². The summed E-state index contributed by atoms with van der Waals surface area (Å²) in [6, 6.07) is 3.71. The molecule has 1 aliphatic heterocycles. The second-order valence-electron chi connectivity index (χ2n) is 4.58. The summed E-state index contributed by atoms with van der Waals surface area (Å²) >= 11 is 0. The minimum atomic E-state index is -3.67. The molecule has 19 heavy (non-hydrogen) atoms. The van der Waals surface area contributed by atoms with Crippen molar-refractivity contribution in [3.63, 3.8) is 0 Å². The number of nitrogens with two attached hydrogens (primary N) is 1. The minimum absolute atomic E-state index is 0.0550. The normalized spacial score (nSPS) is 19.2. The number of unbranched alkanes of at least 4 members (excludes halogenated alkanes) is 1. The Bertz CT molecular complexity index is 454. The Balaban J connectivity index is 2.20. The fourth-order valence-corrected chi connectivity index (χ4v) is 2.05. The van der Waals surface area contributed by atoms with Gasteiger partial charge < -0.3 is 20.3 Å². The summed E-state index contributed by atoms with van der Waals surface area (Å²) in [6.45, 7) is 2.00. The van der Waals surface area contributed by atoms with Gasteiger partial charge >= 0.3 is 6.29 Å². The fourth-order valence-electron chi connectivity index (χ4n) is 2.05. The van der Waals surface area contributed by atoms with E-state index in [0.29, 0.717) is 12.0 Å². The van der Waals surface area contributed by atoms with Crippen LogP contribution in [-0.2, 0) is 0 Å². The molecule has 3 N–H and O–H groups in total. The van der Waals surface area contributed by atoms with Gasteiger partial charge in [0.05, 0.1) is 12.1 Å². The summed E-state index contributed by atoms with van der Waals surface area (Å²) < 4.78 is 34.9. The highest BCUT2D eigenvalue weighted by Gasteiger charge is 2.45. The van der Waals surface area contributed by atoms with Gasteiger partial charge in [0.2, 0.25) is 0 Å². The number of halogens is 2. The lowest BCUT2D eigenvalue weighted by atomic mass is 9.97. The van der Waals surface area contributed by atoms with E-state index in [9.17, 15) is 13.9 Å². The van der Waals surface area contributed by atoms with Gasteiger partial charge in [-0.3, -0.25) is 0 Å². The molecule has 0 fully saturated rings. The second-order valence-corrected chi connectivity index (χ2v) is 4.58. The van der Waals surface area contributed by atoms with E-state index >= 15 is 0 Å². The van der Waals surface area contributed by atoms with Crippen LogP contribution in [0.2, 0.25) is 0 Å². The van der Waals surface area contributed by atoms with Crippen LogP contribution in [0.3, 0.4) is 0 Å². The summed E-state index contributed by atoms with van der Waals surface area (Å²) in [5.41, 5.74) is 6.24. The van der Waals surface area contributed by atoms with Crippen LogP contribution in [0.25, 0.3) is 0 Å². The van der Waals surface area contributed by atoms with Gasteiger partial charge in [-0.1, -0.05) is 31.9 Å². The number of hydrogen-bond donors (Lipinski definition) is 2. The number of aliphatic hydroxyl groups excluding tert-OH is 1. The lowest BCUT2D eigenvalue weighted by Crippen LogP contribution is -2.28. The van der Waals surface area contributed by atoms with E-state index in [0.717, 1.165) is 12.8 Å². The summed E-state index contributed by atoms with van der Waals surface area (Å²) in [6.07, 6.45) is -2.22. The maximum Gasteiger partial charge on any atom is 0.586 e. The standard InChI is InChI=1S/C13H17F2NO3/c1-2-3-6-9(17)11(16)8-5-4-7-10-12(8)19-13(14,15)18-10/h4-5,7,9,11,17H,2-3,6,16H2,1H3/t9-,11+/m1/s1. The molecule has 0 saturated carbocycles. The van der Waals surface area contributed by atoms with E-state index in [1.165, 1.54) is 6.07 Å². The molecule has 0 amide bonds. The third-order valence-corrected chi connectivity index (χ3v) is 3.09. The van der Waals surface area contributed by atoms with E-state index in [2.05, 4.69) is 9.47 Å². The van der Waals surface area contributed by atoms with Crippen LogP contribution in [0.15, 0.2) is 18.2 Å². The zero-order valence-corrected chi connectivity index (χ0v) is 10.6. The SMILES string of the molecule is CCCC[C@@H](O)[C@@H](N)c1cccc2c1OC(F)(F)O2. The molecule has 0 unspecified atom stereocenters. The predicted molar refractivity (Wildman–Crippen MR) is 65.1 cm³/mol. The van der Waals surface area contributed by atoms with E-state index in [1.807, 2.05) is 6.92 Å². The zero-order chi connectivity index (χ0) is 14.0. The van der Waals surface area contributed by atoms with Crippen LogP contribution in [0.4, 0.5) is 8.78 Å². The lowest BCUT2D eigenvalue weighted by Gasteiger charge is -2.20. The Morgan fingerprint density at radius 3 is 2.79 bits per heavy atom. The Hall–Kier alpha value is -1.40. The topological polar surface area (TPSA) is 64.7 Å². The van der Waals surface area contributed by atoms with Gasteiger partial charge in [0, 0.05) is 5.56 Å². The molecule has 0 saturated heterocycles. The van der Waals surface area contributed by atoms with Gasteiger partial charge in [-0.25, -0.2) is 0 Å². The highest BCUT2D eigenvalue weighted by atomic mass is 19.3. The molecule has 2 atom stereocenters. The Kier molecular flexibility index (Phi) is 3.91. The monoisotopic (exact) mass is 273 g/mol. The van der Waals surface area contributed by atoms with Crippen molar-refractivity contribution in [3.8, 4) is 11.5 Å². The number of benzene rings is 1. The van der Waals surface area contributed by atoms with Crippen LogP contribution in [0.1, 0.15) is 37.8 Å². The quantitative estimate of drug-likeness (QED) is 0.865. The van der Waals surface area contributed by atoms with Crippen LogP contribution >= 0.6 is 0 Å². The molecule has 0 bridgehead atoms. The molecule has 0 spiro atoms. The average molecular weight is 273 g/mol. The highest BCUT2D eigenvalue weighted by molar-refractivity contribution is 5.50. The molecule has 2 rings (SSSR count). The van der Waals surface area contributed by atoms with Crippen LogP contribution in [0, 0.1) is 0 Å². The van der Waals surface area contributed by atoms with Crippen molar-refractivity contribution in [2.75, 3.05) is 0 Å². The maximum atomic E-state index is 13.0. The minimum Gasteiger partial charge on any atom is -0.395 e. The zero-order valence-electron chi connectivity index (χ0n) is 10.6. The van der Waals surface area contributed by atoms with Crippen molar-refractivity contribution >= 4 is 0 Å². The molecular weight excluding hydrogens is 256 g/mol. The van der Waals surface area contributed by atoms with E-state index in [-0.39, 0.29) is 11.5 Å². The first-order valence-corrected chi connectivity index (χ1v) is 6.27. The molecule has 4 nitrogen and oxygen atoms in total. The van der Waals surface area contributed by atoms with Gasteiger partial charge in [-0.05, 0) is 12.5 Å². The van der Waals surface area contributed by atoms with Gasteiger partial charge in [-0.15, -0.1) is 8.78 Å². The highest BCUT2D eigenvalue weighted by Crippen LogP contribution is 2.45. The number of ether oxygens (including phenoxy) is 2. The average Bonchev–Trinajstić information content (AvgIpc) is 2.68. The molecule has 0 radical (unpaired) electrons. The van der Waals surface area contributed by atoms with Gasteiger partial charge in [0.1, 0.15) is 0 Å². The van der Waals surface area contributed by atoms with Crippen LogP contribution < -0.4 is 15.2 Å². The Morgan fingerprint density at radius 1 is 1.37 bits per heavy atom. The van der Waals surface area contributed by atoms with Crippen molar-refractivity contribution in [3.05, 3.63) is 23.8 Å². The van der Waals surface area contributed by atoms with Crippen molar-refractivity contribution in [1.29, 1.82) is 0 Å². The number of alkyl halides is 2. The van der Waals surface area contributed by atoms with Crippen LogP contribution in [-0.4, -0.2) is 17.5 Å². The number of fused-ring (bicyclic) bond motifs is 1. The molecule has 0 aliphatic carbocycles. The van der Waals surface area contributed by atoms with Crippen molar-refractivity contribution in [2.24, 2.45) is 5.73 Å². The summed E-state index contributed by atoms with van der Waals surface area (Å²) in [5.74, 6) is -0.142. The first-order chi connectivity index (χ1) is 8.94. The molecule has 6 heteroatoms. The molecule has 1 aromatic rings. The summed E-state index contributed by atoms with van der Waals surface area (Å²) in [7, 11) is 0. The fraction of sp³-hybridized carbons (Fsp3) is 0.538. The summed E-state index contributed by atoms with van der Waals surface area (Å²) in [5, 5.41) is 9.95. The van der Waals surface area contributed by atoms with Gasteiger partial charge in [0.15, 0.2) is 11.5 Å². The first kappa shape index (κ1) is 14.0. The summed E-state index contributed by atoms with van der Waals surface area (Å²) in [4.78, 5) is 0. The number of rotatable bonds is 5. The van der Waals surface area contributed by atoms with Gasteiger partial charge in [-0.2, -0.15) is 0 Å². The first-order valence-electron chi connectivity index (χ1n) is 6.27. The third kappa shape index (κ3) is 2.96. The smallest absolute Gasteiger partial charge is 0.395 e. The molecule has 0 aromatic heterocycles. The van der Waals surface area contributed by atoms with Crippen LogP contribution in [0.5, 0.6) is 11.5 Å². The number of hydrogen-bond acceptors (Lipinski definition) is 4. The van der Waals surface area contributed by atoms with E-state index in [1.54, 1.807) is 12.1 Å². The van der Waals surface area contributed by atoms with E-state index in [4.69, 9.17) is 5.73 Å². The maximum absolute atomic E-state index is 13.0. The molecular formula is C13H17F2NO3. The van der Waals surface area contributed by atoms with Crippen molar-refractivity contribution in [2.45, 2.75) is 44.6 Å². The Labute approximate surface area is 110 Å². The Morgan fingerprint density at radius 2 is 2.11 bits per heavy atom. The van der Waals surface area contributed by atoms with Crippen molar-refractivity contribution in [1.82, 2.24) is 0 Å². The molecule has 106 valence electrons. The molecule has 1 heterocycles. The third-order valence-electron chi connectivity index (χ3n) is 3.09.